The van der Waals surface area contributed by atoms with Crippen LogP contribution in [0.2, 0.25) is 0 Å². The number of carboxylic acids is 1. The number of aldehydes is 1. The molecule has 198 valence electrons. The monoisotopic (exact) mass is 536 g/mol. The van der Waals surface area contributed by atoms with Crippen LogP contribution in [0.5, 0.6) is 17.2 Å². The van der Waals surface area contributed by atoms with Gasteiger partial charge < -0.3 is 19.3 Å². The molecule has 10 heteroatoms. The average molecular weight is 537 g/mol. The van der Waals surface area contributed by atoms with Gasteiger partial charge in [-0.25, -0.2) is 4.79 Å². The first-order valence-corrected chi connectivity index (χ1v) is 12.1. The lowest BCUT2D eigenvalue weighted by molar-refractivity contribution is -0.274. The fourth-order valence-corrected chi connectivity index (χ4v) is 4.01. The number of rotatable bonds is 11. The molecular weight excluding hydrogens is 509 g/mol. The van der Waals surface area contributed by atoms with E-state index in [-0.39, 0.29) is 18.5 Å². The van der Waals surface area contributed by atoms with Crippen molar-refractivity contribution in [3.05, 3.63) is 83.9 Å². The van der Waals surface area contributed by atoms with Crippen LogP contribution in [0.4, 0.5) is 13.2 Å². The van der Waals surface area contributed by atoms with E-state index in [1.807, 2.05) is 44.2 Å². The minimum absolute atomic E-state index is 0.129. The van der Waals surface area contributed by atoms with Crippen molar-refractivity contribution < 1.29 is 42.1 Å². The van der Waals surface area contributed by atoms with E-state index in [9.17, 15) is 22.8 Å². The summed E-state index contributed by atoms with van der Waals surface area (Å²) < 4.78 is 51.2. The lowest BCUT2D eigenvalue weighted by Gasteiger charge is -2.15. The van der Waals surface area contributed by atoms with Crippen molar-refractivity contribution in [3.8, 4) is 17.2 Å². The van der Waals surface area contributed by atoms with Crippen LogP contribution in [-0.4, -0.2) is 42.2 Å². The van der Waals surface area contributed by atoms with Crippen LogP contribution >= 0.6 is 11.8 Å². The van der Waals surface area contributed by atoms with E-state index >= 15 is 0 Å². The van der Waals surface area contributed by atoms with Gasteiger partial charge in [-0.05, 0) is 68.3 Å². The molecule has 0 saturated heterocycles. The van der Waals surface area contributed by atoms with Crippen molar-refractivity contribution in [2.75, 3.05) is 12.4 Å². The van der Waals surface area contributed by atoms with Crippen molar-refractivity contribution in [3.63, 3.8) is 0 Å². The topological polar surface area (TPSA) is 82.1 Å². The molecule has 1 unspecified atom stereocenters. The Kier molecular flexibility index (Phi) is 11.8. The molecule has 0 bridgehead atoms. The molecule has 0 radical (unpaired) electrons. The summed E-state index contributed by atoms with van der Waals surface area (Å²) in [7, 11) is 0. The summed E-state index contributed by atoms with van der Waals surface area (Å²) in [5, 5.41) is 8.66. The van der Waals surface area contributed by atoms with Crippen LogP contribution in [0, 0.1) is 6.92 Å². The van der Waals surface area contributed by atoms with Gasteiger partial charge >= 0.3 is 12.3 Å². The Labute approximate surface area is 217 Å². The van der Waals surface area contributed by atoms with Gasteiger partial charge in [-0.3, -0.25) is 4.79 Å². The number of halogens is 3. The van der Waals surface area contributed by atoms with Gasteiger partial charge in [0.1, 0.15) is 23.5 Å². The fraction of sp³-hybridized carbons (Fsp3) is 0.259. The summed E-state index contributed by atoms with van der Waals surface area (Å²) in [4.78, 5) is 21.6. The quantitative estimate of drug-likeness (QED) is 0.213. The number of alkyl halides is 3. The summed E-state index contributed by atoms with van der Waals surface area (Å²) >= 11 is 1.62. The fourth-order valence-electron chi connectivity index (χ4n) is 2.90. The maximum absolute atomic E-state index is 12.2. The highest BCUT2D eigenvalue weighted by molar-refractivity contribution is 7.99. The molecule has 1 N–H and O–H groups in total. The van der Waals surface area contributed by atoms with E-state index in [4.69, 9.17) is 14.6 Å². The summed E-state index contributed by atoms with van der Waals surface area (Å²) in [5.41, 5.74) is 1.58. The van der Waals surface area contributed by atoms with Crippen molar-refractivity contribution in [2.24, 2.45) is 0 Å². The van der Waals surface area contributed by atoms with Crippen molar-refractivity contribution in [1.82, 2.24) is 0 Å². The molecule has 0 spiro atoms. The molecular formula is C27H27F3O6S. The number of hydrogen-bond donors (Lipinski definition) is 1. The average Bonchev–Trinajstić information content (AvgIpc) is 2.84. The summed E-state index contributed by atoms with van der Waals surface area (Å²) in [6, 6.07) is 19.9. The van der Waals surface area contributed by atoms with Crippen molar-refractivity contribution in [1.29, 1.82) is 0 Å². The highest BCUT2D eigenvalue weighted by Crippen LogP contribution is 2.28. The molecule has 0 heterocycles. The highest BCUT2D eigenvalue weighted by Gasteiger charge is 2.31. The zero-order valence-corrected chi connectivity index (χ0v) is 21.1. The second-order valence-electron chi connectivity index (χ2n) is 7.72. The third kappa shape index (κ3) is 12.2. The zero-order valence-electron chi connectivity index (χ0n) is 20.2. The van der Waals surface area contributed by atoms with E-state index in [1.165, 1.54) is 24.3 Å². The van der Waals surface area contributed by atoms with Gasteiger partial charge in [0.15, 0.2) is 6.61 Å². The third-order valence-electron chi connectivity index (χ3n) is 4.62. The number of carbonyl (C=O) groups is 2. The van der Waals surface area contributed by atoms with Gasteiger partial charge in [-0.1, -0.05) is 30.3 Å². The second kappa shape index (κ2) is 14.8. The predicted molar refractivity (Wildman–Crippen MR) is 135 cm³/mol. The Bertz CT molecular complexity index is 1120. The molecule has 0 aliphatic carbocycles. The largest absolute Gasteiger partial charge is 0.573 e. The summed E-state index contributed by atoms with van der Waals surface area (Å²) in [6.07, 6.45) is -3.29. The molecule has 37 heavy (non-hydrogen) atoms. The molecule has 3 aromatic carbocycles. The molecule has 3 aromatic rings. The van der Waals surface area contributed by atoms with Crippen LogP contribution in [0.15, 0.2) is 77.7 Å². The number of carbonyl (C=O) groups excluding carboxylic acids is 1. The van der Waals surface area contributed by atoms with Crippen LogP contribution < -0.4 is 14.2 Å². The van der Waals surface area contributed by atoms with Gasteiger partial charge in [0.25, 0.3) is 0 Å². The Balaban J connectivity index is 0.000000510. The molecule has 3 rings (SSSR count). The van der Waals surface area contributed by atoms with Crippen LogP contribution in [0.1, 0.15) is 29.3 Å². The first kappa shape index (κ1) is 29.6. The number of aryl methyl sites for hydroxylation is 1. The number of aliphatic carboxylic acids is 1. The number of carboxylic acid groups (broad SMARTS) is 1. The van der Waals surface area contributed by atoms with Crippen molar-refractivity contribution in [2.45, 2.75) is 37.6 Å². The second-order valence-corrected chi connectivity index (χ2v) is 8.89. The SMILES string of the molecule is Cc1cc(SCCC(C)Oc2ccc(OC(F)(F)F)cc2)ccc1OCC(=O)O.O=Cc1ccccc1. The maximum Gasteiger partial charge on any atom is 0.573 e. The summed E-state index contributed by atoms with van der Waals surface area (Å²) in [5.74, 6) is 0.448. The lowest BCUT2D eigenvalue weighted by Crippen LogP contribution is -2.17. The molecule has 1 atom stereocenters. The number of thioether (sulfide) groups is 1. The van der Waals surface area contributed by atoms with E-state index in [0.717, 1.165) is 34.5 Å². The summed E-state index contributed by atoms with van der Waals surface area (Å²) in [6.45, 7) is 3.35. The smallest absolute Gasteiger partial charge is 0.491 e. The Morgan fingerprint density at radius 1 is 1.03 bits per heavy atom. The standard InChI is InChI=1S/C20H21F3O5S.C7H6O/c1-13-11-17(7-8-18(13)26-12-19(24)25)29-10-9-14(2)27-15-3-5-16(6-4-15)28-20(21,22)23;8-6-7-4-2-1-3-5-7/h3-8,11,14H,9-10,12H2,1-2H3,(H,24,25);1-6H. The molecule has 6 nitrogen and oxygen atoms in total. The third-order valence-corrected chi connectivity index (χ3v) is 5.65. The number of benzene rings is 3. The Morgan fingerprint density at radius 3 is 2.22 bits per heavy atom. The first-order chi connectivity index (χ1) is 17.6. The maximum atomic E-state index is 12.2. The molecule has 0 aliphatic heterocycles. The van der Waals surface area contributed by atoms with Crippen LogP contribution in [-0.2, 0) is 4.79 Å². The number of hydrogen-bond acceptors (Lipinski definition) is 6. The van der Waals surface area contributed by atoms with Crippen LogP contribution in [0.25, 0.3) is 0 Å². The molecule has 0 aliphatic rings. The van der Waals surface area contributed by atoms with Crippen LogP contribution in [0.3, 0.4) is 0 Å². The van der Waals surface area contributed by atoms with Gasteiger partial charge in [0.05, 0.1) is 6.10 Å². The molecule has 0 aromatic heterocycles. The van der Waals surface area contributed by atoms with E-state index in [2.05, 4.69) is 4.74 Å². The molecule has 0 fully saturated rings. The van der Waals surface area contributed by atoms with Gasteiger partial charge in [-0.15, -0.1) is 24.9 Å². The highest BCUT2D eigenvalue weighted by atomic mass is 32.2. The van der Waals surface area contributed by atoms with E-state index in [1.54, 1.807) is 30.0 Å². The van der Waals surface area contributed by atoms with E-state index in [0.29, 0.717) is 11.5 Å². The first-order valence-electron chi connectivity index (χ1n) is 11.2. The van der Waals surface area contributed by atoms with Crippen molar-refractivity contribution >= 4 is 24.0 Å². The molecule has 0 amide bonds. The Morgan fingerprint density at radius 2 is 1.68 bits per heavy atom. The van der Waals surface area contributed by atoms with Gasteiger partial charge in [-0.2, -0.15) is 0 Å². The normalized spacial score (nSPS) is 11.5. The minimum Gasteiger partial charge on any atom is -0.491 e. The zero-order chi connectivity index (χ0) is 27.3. The van der Waals surface area contributed by atoms with Gasteiger partial charge in [0.2, 0.25) is 0 Å². The minimum atomic E-state index is -4.72. The van der Waals surface area contributed by atoms with E-state index < -0.39 is 12.3 Å². The Hall–Kier alpha value is -3.66. The number of ether oxygens (including phenoxy) is 3. The lowest BCUT2D eigenvalue weighted by atomic mass is 10.2. The predicted octanol–water partition coefficient (Wildman–Crippen LogP) is 6.81. The van der Waals surface area contributed by atoms with Gasteiger partial charge in [0, 0.05) is 16.2 Å². The molecule has 0 saturated carbocycles.